The van der Waals surface area contributed by atoms with Gasteiger partial charge in [0.1, 0.15) is 12.2 Å². The molecular weight excluding hydrogens is 520 g/mol. The minimum atomic E-state index is -0.0257. The van der Waals surface area contributed by atoms with Crippen LogP contribution in [0.15, 0.2) is 46.2 Å². The van der Waals surface area contributed by atoms with Gasteiger partial charge in [0, 0.05) is 42.0 Å². The van der Waals surface area contributed by atoms with Gasteiger partial charge in [0.15, 0.2) is 6.20 Å². The van der Waals surface area contributed by atoms with Gasteiger partial charge in [0.05, 0.1) is 5.71 Å². The van der Waals surface area contributed by atoms with E-state index in [-0.39, 0.29) is 11.4 Å². The van der Waals surface area contributed by atoms with E-state index in [1.807, 2.05) is 18.7 Å². The number of aromatic nitrogens is 1. The number of hydrogen-bond acceptors (Lipinski definition) is 5. The van der Waals surface area contributed by atoms with Crippen molar-refractivity contribution >= 4 is 27.5 Å². The number of oxime groups is 1. The van der Waals surface area contributed by atoms with Gasteiger partial charge >= 0.3 is 0 Å². The topological polar surface area (TPSA) is 72.1 Å². The molecule has 0 unspecified atom stereocenters. The van der Waals surface area contributed by atoms with E-state index in [9.17, 15) is 10.0 Å². The molecule has 1 aromatic heterocycles. The van der Waals surface area contributed by atoms with Gasteiger partial charge in [-0.05, 0) is 82.8 Å². The number of aryl methyl sites for hydroxylation is 1. The smallest absolute Gasteiger partial charge is 0.260 e. The molecule has 8 heteroatoms. The van der Waals surface area contributed by atoms with E-state index in [0.717, 1.165) is 64.8 Å². The number of pyridine rings is 1. The largest absolute Gasteiger partial charge is 0.618 e. The van der Waals surface area contributed by atoms with Gasteiger partial charge in [-0.2, -0.15) is 4.73 Å². The normalized spacial score (nSPS) is 19.4. The summed E-state index contributed by atoms with van der Waals surface area (Å²) in [6, 6.07) is 10.0. The molecule has 0 atom stereocenters. The molecule has 3 heterocycles. The average Bonchev–Trinajstić information content (AvgIpc) is 2.88. The summed E-state index contributed by atoms with van der Waals surface area (Å²) in [4.78, 5) is 23.3. The van der Waals surface area contributed by atoms with E-state index < -0.39 is 0 Å². The van der Waals surface area contributed by atoms with Gasteiger partial charge < -0.3 is 14.9 Å². The van der Waals surface area contributed by atoms with Crippen LogP contribution in [0.3, 0.4) is 0 Å². The molecule has 2 fully saturated rings. The number of carbonyl (C=O) groups is 1. The SMILES string of the molecule is CCO/N=C(/c1ccc(Br)cc1)C1CCN(C2(C)CCN(C(=O)c3c(C)cc[n+]([O-])c3C)CC2)CC1. The fraction of sp³-hybridized carbons (Fsp3) is 0.536. The van der Waals surface area contributed by atoms with E-state index in [1.165, 1.54) is 6.20 Å². The number of benzene rings is 1. The highest BCUT2D eigenvalue weighted by atomic mass is 79.9. The van der Waals surface area contributed by atoms with E-state index in [2.05, 4.69) is 57.2 Å². The summed E-state index contributed by atoms with van der Waals surface area (Å²) in [6.45, 7) is 11.9. The third-order valence-corrected chi connectivity index (χ3v) is 8.49. The van der Waals surface area contributed by atoms with Crippen molar-refractivity contribution in [1.29, 1.82) is 0 Å². The molecule has 2 saturated heterocycles. The van der Waals surface area contributed by atoms with Crippen LogP contribution < -0.4 is 4.73 Å². The Bertz CT molecular complexity index is 1100. The fourth-order valence-electron chi connectivity index (χ4n) is 5.57. The zero-order valence-corrected chi connectivity index (χ0v) is 23.4. The third-order valence-electron chi connectivity index (χ3n) is 7.97. The molecule has 1 aromatic carbocycles. The maximum atomic E-state index is 13.3. The lowest BCUT2D eigenvalue weighted by molar-refractivity contribution is -0.612. The molecule has 0 radical (unpaired) electrons. The second kappa shape index (κ2) is 11.3. The van der Waals surface area contributed by atoms with Crippen molar-refractivity contribution < 1.29 is 14.4 Å². The quantitative estimate of drug-likeness (QED) is 0.221. The molecule has 4 rings (SSSR count). The van der Waals surface area contributed by atoms with Crippen LogP contribution in [-0.2, 0) is 4.84 Å². The Morgan fingerprint density at radius 2 is 1.78 bits per heavy atom. The minimum absolute atomic E-state index is 0.0257. The number of nitrogens with zero attached hydrogens (tertiary/aromatic N) is 4. The lowest BCUT2D eigenvalue weighted by atomic mass is 9.82. The minimum Gasteiger partial charge on any atom is -0.618 e. The number of rotatable bonds is 6. The molecular formula is C28H37BrN4O3. The molecule has 0 bridgehead atoms. The second-order valence-electron chi connectivity index (χ2n) is 10.2. The maximum Gasteiger partial charge on any atom is 0.260 e. The van der Waals surface area contributed by atoms with Crippen LogP contribution in [0.2, 0.25) is 0 Å². The van der Waals surface area contributed by atoms with Crippen LogP contribution in [0.5, 0.6) is 0 Å². The molecule has 2 aliphatic heterocycles. The molecule has 1 amide bonds. The molecule has 0 N–H and O–H groups in total. The Hall–Kier alpha value is -2.45. The van der Waals surface area contributed by atoms with Crippen LogP contribution in [0.1, 0.15) is 66.7 Å². The summed E-state index contributed by atoms with van der Waals surface area (Å²) < 4.78 is 1.84. The van der Waals surface area contributed by atoms with Crippen LogP contribution in [-0.4, -0.2) is 59.7 Å². The number of amides is 1. The fourth-order valence-corrected chi connectivity index (χ4v) is 5.83. The second-order valence-corrected chi connectivity index (χ2v) is 11.2. The zero-order chi connectivity index (χ0) is 25.9. The Morgan fingerprint density at radius 3 is 2.39 bits per heavy atom. The highest BCUT2D eigenvalue weighted by Gasteiger charge is 2.40. The third kappa shape index (κ3) is 5.59. The van der Waals surface area contributed by atoms with E-state index in [1.54, 1.807) is 13.0 Å². The summed E-state index contributed by atoms with van der Waals surface area (Å²) in [5.41, 5.74) is 4.11. The van der Waals surface area contributed by atoms with Crippen molar-refractivity contribution in [3.8, 4) is 0 Å². The van der Waals surface area contributed by atoms with E-state index in [4.69, 9.17) is 4.84 Å². The predicted octanol–water partition coefficient (Wildman–Crippen LogP) is 4.85. The predicted molar refractivity (Wildman–Crippen MR) is 145 cm³/mol. The highest BCUT2D eigenvalue weighted by molar-refractivity contribution is 9.10. The Labute approximate surface area is 222 Å². The molecule has 2 aromatic rings. The summed E-state index contributed by atoms with van der Waals surface area (Å²) in [5.74, 6) is 0.337. The van der Waals surface area contributed by atoms with Crippen LogP contribution in [0.4, 0.5) is 0 Å². The molecule has 7 nitrogen and oxygen atoms in total. The molecule has 36 heavy (non-hydrogen) atoms. The molecule has 0 aliphatic carbocycles. The number of likely N-dealkylation sites (tertiary alicyclic amines) is 2. The first kappa shape index (κ1) is 26.6. The Morgan fingerprint density at radius 1 is 1.14 bits per heavy atom. The van der Waals surface area contributed by atoms with Gasteiger partial charge in [0.25, 0.3) is 5.91 Å². The standard InChI is InChI=1S/C28H37BrN4O3/c1-5-36-30-26(22-6-8-24(29)9-7-22)23-11-15-32(16-12-23)28(4)13-18-31(19-14-28)27(34)25-20(2)10-17-33(35)21(25)3/h6-10,17,23H,5,11-16,18-19H2,1-4H3/b30-26-. The first-order valence-corrected chi connectivity index (χ1v) is 13.7. The van der Waals surface area contributed by atoms with Crippen molar-refractivity contribution in [1.82, 2.24) is 9.80 Å². The maximum absolute atomic E-state index is 13.3. The molecule has 0 saturated carbocycles. The lowest BCUT2D eigenvalue weighted by Gasteiger charge is -2.49. The number of hydrogen-bond donors (Lipinski definition) is 0. The van der Waals surface area contributed by atoms with Crippen LogP contribution in [0.25, 0.3) is 0 Å². The summed E-state index contributed by atoms with van der Waals surface area (Å²) in [6.07, 6.45) is 5.40. The van der Waals surface area contributed by atoms with Gasteiger partial charge in [-0.25, -0.2) is 0 Å². The van der Waals surface area contributed by atoms with Crippen molar-refractivity contribution in [2.75, 3.05) is 32.8 Å². The van der Waals surface area contributed by atoms with E-state index >= 15 is 0 Å². The Balaban J connectivity index is 1.38. The monoisotopic (exact) mass is 556 g/mol. The van der Waals surface area contributed by atoms with Gasteiger partial charge in [0.2, 0.25) is 5.69 Å². The number of carbonyl (C=O) groups excluding carboxylic acids is 1. The Kier molecular flexibility index (Phi) is 8.35. The first-order chi connectivity index (χ1) is 17.2. The van der Waals surface area contributed by atoms with E-state index in [0.29, 0.717) is 36.9 Å². The van der Waals surface area contributed by atoms with Crippen LogP contribution >= 0.6 is 15.9 Å². The number of piperidine rings is 2. The van der Waals surface area contributed by atoms with Crippen molar-refractivity contribution in [3.05, 3.63) is 68.6 Å². The first-order valence-electron chi connectivity index (χ1n) is 12.9. The average molecular weight is 558 g/mol. The summed E-state index contributed by atoms with van der Waals surface area (Å²) in [7, 11) is 0. The summed E-state index contributed by atoms with van der Waals surface area (Å²) in [5, 5.41) is 16.6. The zero-order valence-electron chi connectivity index (χ0n) is 21.8. The van der Waals surface area contributed by atoms with Gasteiger partial charge in [-0.3, -0.25) is 9.69 Å². The van der Waals surface area contributed by atoms with Gasteiger partial charge in [-0.1, -0.05) is 33.2 Å². The van der Waals surface area contributed by atoms with Crippen LogP contribution in [0, 0.1) is 25.0 Å². The molecule has 194 valence electrons. The summed E-state index contributed by atoms with van der Waals surface area (Å²) >= 11 is 3.52. The number of halogens is 1. The highest BCUT2D eigenvalue weighted by Crippen LogP contribution is 2.34. The van der Waals surface area contributed by atoms with Gasteiger partial charge in [-0.15, -0.1) is 0 Å². The van der Waals surface area contributed by atoms with Crippen molar-refractivity contribution in [2.24, 2.45) is 11.1 Å². The van der Waals surface area contributed by atoms with Crippen molar-refractivity contribution in [2.45, 2.75) is 58.9 Å². The lowest BCUT2D eigenvalue weighted by Crippen LogP contribution is -2.57. The van der Waals surface area contributed by atoms with Crippen molar-refractivity contribution in [3.63, 3.8) is 0 Å². The molecule has 2 aliphatic rings. The molecule has 0 spiro atoms.